The molecule has 1 aliphatic rings. The standard InChI is InChI=1S/C26H20N6O2S/c27-15-18-11-13-20(14-12-18)28-25(33)22-16-35-17-31(22)26(34)23-29-24(19-7-3-1-4-8-19)32(30-23)21-9-5-2-6-10-21/h1-14,22H,16-17H2,(H,28,33). The molecule has 1 aromatic heterocycles. The lowest BCUT2D eigenvalue weighted by Crippen LogP contribution is -2.44. The Bertz CT molecular complexity index is 1340. The van der Waals surface area contributed by atoms with Gasteiger partial charge in [0.1, 0.15) is 6.04 Å². The quantitative estimate of drug-likeness (QED) is 0.464. The number of hydrogen-bond donors (Lipinski definition) is 1. The Labute approximate surface area is 206 Å². The summed E-state index contributed by atoms with van der Waals surface area (Å²) >= 11 is 1.50. The number of nitriles is 1. The van der Waals surface area contributed by atoms with Crippen LogP contribution in [0.25, 0.3) is 17.1 Å². The fraction of sp³-hybridized carbons (Fsp3) is 0.115. The average molecular weight is 481 g/mol. The Morgan fingerprint density at radius 3 is 2.34 bits per heavy atom. The highest BCUT2D eigenvalue weighted by molar-refractivity contribution is 7.99. The monoisotopic (exact) mass is 480 g/mol. The number of nitrogens with zero attached hydrogens (tertiary/aromatic N) is 5. The maximum absolute atomic E-state index is 13.5. The third-order valence-corrected chi connectivity index (χ3v) is 6.57. The predicted molar refractivity (Wildman–Crippen MR) is 134 cm³/mol. The van der Waals surface area contributed by atoms with E-state index in [0.29, 0.717) is 28.7 Å². The lowest BCUT2D eigenvalue weighted by atomic mass is 10.2. The third-order valence-electron chi connectivity index (χ3n) is 5.56. The van der Waals surface area contributed by atoms with Crippen molar-refractivity contribution in [3.8, 4) is 23.1 Å². The van der Waals surface area contributed by atoms with Gasteiger partial charge in [0.05, 0.1) is 23.2 Å². The molecule has 9 heteroatoms. The lowest BCUT2D eigenvalue weighted by Gasteiger charge is -2.21. The van der Waals surface area contributed by atoms with Gasteiger partial charge < -0.3 is 10.2 Å². The van der Waals surface area contributed by atoms with E-state index in [-0.39, 0.29) is 11.7 Å². The number of para-hydroxylation sites is 1. The molecule has 8 nitrogen and oxygen atoms in total. The van der Waals surface area contributed by atoms with Crippen LogP contribution >= 0.6 is 11.8 Å². The second-order valence-corrected chi connectivity index (χ2v) is 8.84. The maximum Gasteiger partial charge on any atom is 0.294 e. The van der Waals surface area contributed by atoms with Crippen LogP contribution in [-0.4, -0.2) is 49.2 Å². The molecule has 1 fully saturated rings. The molecule has 0 radical (unpaired) electrons. The zero-order valence-electron chi connectivity index (χ0n) is 18.5. The van der Waals surface area contributed by atoms with Crippen LogP contribution in [-0.2, 0) is 4.79 Å². The van der Waals surface area contributed by atoms with E-state index in [1.807, 2.05) is 66.7 Å². The molecule has 1 unspecified atom stereocenters. The summed E-state index contributed by atoms with van der Waals surface area (Å²) in [6.07, 6.45) is 0. The minimum atomic E-state index is -0.660. The second-order valence-electron chi connectivity index (χ2n) is 7.84. The summed E-state index contributed by atoms with van der Waals surface area (Å²) in [6.45, 7) is 0. The van der Waals surface area contributed by atoms with Crippen LogP contribution in [0.3, 0.4) is 0 Å². The van der Waals surface area contributed by atoms with Crippen molar-refractivity contribution in [2.75, 3.05) is 16.9 Å². The number of amides is 2. The molecular formula is C26H20N6O2S. The van der Waals surface area contributed by atoms with E-state index in [1.54, 1.807) is 28.9 Å². The van der Waals surface area contributed by atoms with Gasteiger partial charge in [-0.15, -0.1) is 16.9 Å². The van der Waals surface area contributed by atoms with Crippen molar-refractivity contribution in [3.05, 3.63) is 96.3 Å². The molecule has 172 valence electrons. The number of carbonyl (C=O) groups excluding carboxylic acids is 2. The topological polar surface area (TPSA) is 104 Å². The van der Waals surface area contributed by atoms with E-state index in [9.17, 15) is 9.59 Å². The summed E-state index contributed by atoms with van der Waals surface area (Å²) in [4.78, 5) is 32.6. The highest BCUT2D eigenvalue weighted by Crippen LogP contribution is 2.26. The lowest BCUT2D eigenvalue weighted by molar-refractivity contribution is -0.119. The Morgan fingerprint density at radius 1 is 0.971 bits per heavy atom. The summed E-state index contributed by atoms with van der Waals surface area (Å²) in [5.41, 5.74) is 2.68. The van der Waals surface area contributed by atoms with E-state index in [1.165, 1.54) is 16.7 Å². The first-order chi connectivity index (χ1) is 17.1. The Balaban J connectivity index is 1.42. The maximum atomic E-state index is 13.5. The predicted octanol–water partition coefficient (Wildman–Crippen LogP) is 3.96. The molecular weight excluding hydrogens is 460 g/mol. The van der Waals surface area contributed by atoms with Crippen molar-refractivity contribution in [2.45, 2.75) is 6.04 Å². The van der Waals surface area contributed by atoms with E-state index in [4.69, 9.17) is 5.26 Å². The van der Waals surface area contributed by atoms with Gasteiger partial charge in [0.15, 0.2) is 5.82 Å². The molecule has 3 aromatic carbocycles. The van der Waals surface area contributed by atoms with Gasteiger partial charge in [0, 0.05) is 17.0 Å². The van der Waals surface area contributed by atoms with Crippen LogP contribution in [0.2, 0.25) is 0 Å². The molecule has 2 amide bonds. The number of nitrogens with one attached hydrogen (secondary N) is 1. The van der Waals surface area contributed by atoms with E-state index >= 15 is 0 Å². The van der Waals surface area contributed by atoms with Crippen LogP contribution in [0.4, 0.5) is 5.69 Å². The van der Waals surface area contributed by atoms with Crippen molar-refractivity contribution < 1.29 is 9.59 Å². The zero-order chi connectivity index (χ0) is 24.2. The number of benzene rings is 3. The average Bonchev–Trinajstić information content (AvgIpc) is 3.58. The molecule has 1 aliphatic heterocycles. The summed E-state index contributed by atoms with van der Waals surface area (Å²) < 4.78 is 1.65. The van der Waals surface area contributed by atoms with Crippen LogP contribution < -0.4 is 5.32 Å². The molecule has 0 aliphatic carbocycles. The first-order valence-corrected chi connectivity index (χ1v) is 12.1. The normalized spacial score (nSPS) is 14.9. The first-order valence-electron chi connectivity index (χ1n) is 10.9. The summed E-state index contributed by atoms with van der Waals surface area (Å²) in [5, 5.41) is 16.3. The summed E-state index contributed by atoms with van der Waals surface area (Å²) in [5.74, 6) is 0.724. The van der Waals surface area contributed by atoms with Gasteiger partial charge in [-0.25, -0.2) is 9.67 Å². The molecule has 35 heavy (non-hydrogen) atoms. The van der Waals surface area contributed by atoms with E-state index in [0.717, 1.165) is 11.3 Å². The SMILES string of the molecule is N#Cc1ccc(NC(=O)C2CSCN2C(=O)c2nc(-c3ccccc3)n(-c3ccccc3)n2)cc1. The number of hydrogen-bond acceptors (Lipinski definition) is 6. The van der Waals surface area contributed by atoms with Gasteiger partial charge in [-0.3, -0.25) is 9.59 Å². The number of thioether (sulfide) groups is 1. The van der Waals surface area contributed by atoms with Crippen molar-refractivity contribution >= 4 is 29.3 Å². The van der Waals surface area contributed by atoms with Gasteiger partial charge in [-0.05, 0) is 36.4 Å². The van der Waals surface area contributed by atoms with Crippen LogP contribution in [0, 0.1) is 11.3 Å². The molecule has 1 saturated heterocycles. The molecule has 4 aromatic rings. The van der Waals surface area contributed by atoms with Gasteiger partial charge >= 0.3 is 0 Å². The van der Waals surface area contributed by atoms with Gasteiger partial charge in [0.2, 0.25) is 11.7 Å². The Hall–Kier alpha value is -4.42. The molecule has 0 saturated carbocycles. The number of carbonyl (C=O) groups is 2. The number of aromatic nitrogens is 3. The Kier molecular flexibility index (Phi) is 6.28. The highest BCUT2D eigenvalue weighted by Gasteiger charge is 2.37. The van der Waals surface area contributed by atoms with E-state index < -0.39 is 11.9 Å². The van der Waals surface area contributed by atoms with Gasteiger partial charge in [0.25, 0.3) is 5.91 Å². The van der Waals surface area contributed by atoms with Crippen molar-refractivity contribution in [2.24, 2.45) is 0 Å². The summed E-state index contributed by atoms with van der Waals surface area (Å²) in [7, 11) is 0. The second kappa shape index (κ2) is 9.83. The molecule has 0 bridgehead atoms. The van der Waals surface area contributed by atoms with E-state index in [2.05, 4.69) is 15.4 Å². The largest absolute Gasteiger partial charge is 0.324 e. The number of anilines is 1. The minimum absolute atomic E-state index is 0.0337. The summed E-state index contributed by atoms with van der Waals surface area (Å²) in [6, 6.07) is 27.0. The Morgan fingerprint density at radius 2 is 1.66 bits per heavy atom. The molecule has 2 heterocycles. The van der Waals surface area contributed by atoms with Crippen molar-refractivity contribution in [1.82, 2.24) is 19.7 Å². The zero-order valence-corrected chi connectivity index (χ0v) is 19.4. The smallest absolute Gasteiger partial charge is 0.294 e. The molecule has 1 N–H and O–H groups in total. The minimum Gasteiger partial charge on any atom is -0.324 e. The van der Waals surface area contributed by atoms with Gasteiger partial charge in [-0.1, -0.05) is 48.5 Å². The highest BCUT2D eigenvalue weighted by atomic mass is 32.2. The van der Waals surface area contributed by atoms with Crippen molar-refractivity contribution in [1.29, 1.82) is 5.26 Å². The van der Waals surface area contributed by atoms with Crippen LogP contribution in [0.5, 0.6) is 0 Å². The molecule has 5 rings (SSSR count). The van der Waals surface area contributed by atoms with Crippen molar-refractivity contribution in [3.63, 3.8) is 0 Å². The third kappa shape index (κ3) is 4.65. The molecule has 1 atom stereocenters. The molecule has 0 spiro atoms. The fourth-order valence-corrected chi connectivity index (χ4v) is 4.92. The van der Waals surface area contributed by atoms with Gasteiger partial charge in [-0.2, -0.15) is 5.26 Å². The fourth-order valence-electron chi connectivity index (χ4n) is 3.77. The van der Waals surface area contributed by atoms with Crippen LogP contribution in [0.1, 0.15) is 16.2 Å². The van der Waals surface area contributed by atoms with Crippen LogP contribution in [0.15, 0.2) is 84.9 Å². The number of rotatable bonds is 5. The first kappa shape index (κ1) is 22.4.